The lowest BCUT2D eigenvalue weighted by atomic mass is 9.70. The molecule has 1 atom stereocenters. The van der Waals surface area contributed by atoms with E-state index in [1.807, 2.05) is 0 Å². The van der Waals surface area contributed by atoms with E-state index < -0.39 is 10.8 Å². The smallest absolute Gasteiger partial charge is 0.0726 e. The van der Waals surface area contributed by atoms with Gasteiger partial charge in [0, 0.05) is 44.8 Å². The molecule has 2 heteroatoms. The van der Waals surface area contributed by atoms with Gasteiger partial charge in [0.05, 0.1) is 16.5 Å². The zero-order valence-electron chi connectivity index (χ0n) is 59.5. The summed E-state index contributed by atoms with van der Waals surface area (Å²) in [5, 5.41) is 0. The summed E-state index contributed by atoms with van der Waals surface area (Å²) in [6, 6.07) is 138. The van der Waals surface area contributed by atoms with Crippen LogP contribution in [-0.4, -0.2) is 0 Å². The van der Waals surface area contributed by atoms with E-state index in [9.17, 15) is 0 Å². The standard InChI is InChI=1S/C104H72N2/c1-101(2)88-37-16-8-30-76(88)83-54-50-71(61-96(83)101)105(72-51-56-85-80-34-12-20-41-92(80)103(98(85)63-72)90-39-18-10-32-78(90)79-33-11-19-40-91(79)103)70-28-24-27-68(59-70)65-45-47-66(48-46-65)69-49-58-95-87(60-69)82-36-14-22-43-94(82)104(95)93-42-21-13-35-81(93)86-57-53-74(64-99(86)104)106(100-44-23-15-29-75(100)67-25-6-5-7-26-67)73-52-55-84-77-31-9-17-38-89(77)102(3,4)97(84)62-73/h5-64H,1-4H3. The third kappa shape index (κ3) is 8.22. The van der Waals surface area contributed by atoms with E-state index in [0.717, 1.165) is 45.3 Å². The second kappa shape index (κ2) is 22.3. The summed E-state index contributed by atoms with van der Waals surface area (Å²) in [4.78, 5) is 5.05. The van der Waals surface area contributed by atoms with Crippen molar-refractivity contribution < 1.29 is 0 Å². The highest BCUT2D eigenvalue weighted by atomic mass is 15.2. The van der Waals surface area contributed by atoms with Crippen LogP contribution < -0.4 is 9.80 Å². The van der Waals surface area contributed by atoms with Gasteiger partial charge in [-0.25, -0.2) is 0 Å². The van der Waals surface area contributed by atoms with Crippen molar-refractivity contribution in [3.05, 3.63) is 431 Å². The monoisotopic (exact) mass is 1350 g/mol. The lowest BCUT2D eigenvalue weighted by molar-refractivity contribution is 0.660. The highest BCUT2D eigenvalue weighted by Gasteiger charge is 2.54. The third-order valence-corrected chi connectivity index (χ3v) is 25.1. The maximum Gasteiger partial charge on any atom is 0.0726 e. The van der Waals surface area contributed by atoms with Crippen molar-refractivity contribution in [2.45, 2.75) is 49.4 Å². The number of fused-ring (bicyclic) bond motifs is 26. The van der Waals surface area contributed by atoms with Gasteiger partial charge in [-0.3, -0.25) is 0 Å². The fourth-order valence-electron chi connectivity index (χ4n) is 20.4. The molecule has 0 radical (unpaired) electrons. The first-order valence-corrected chi connectivity index (χ1v) is 37.5. The molecule has 16 aromatic carbocycles. The SMILES string of the molecule is CC1(C)c2ccccc2-c2ccc(N(c3cccc(-c4ccc(-c5ccc6c(c5)-c5ccccc5C65c6ccccc6-c6ccc(N(c7ccc8c(c7)C(C)(C)c7ccccc7-8)c7ccccc7-c7ccccc7)cc65)cc4)c3)c3ccc4c(c3)C3(c5ccccc5-c5ccccc53)c3ccccc3-4)cc21. The highest BCUT2D eigenvalue weighted by Crippen LogP contribution is 2.66. The van der Waals surface area contributed by atoms with Gasteiger partial charge in [0.1, 0.15) is 0 Å². The second-order valence-electron chi connectivity index (χ2n) is 30.9. The van der Waals surface area contributed by atoms with Gasteiger partial charge in [-0.05, 0) is 234 Å². The second-order valence-corrected chi connectivity index (χ2v) is 30.9. The predicted octanol–water partition coefficient (Wildman–Crippen LogP) is 26.9. The molecule has 2 nitrogen and oxygen atoms in total. The van der Waals surface area contributed by atoms with Crippen molar-refractivity contribution in [2.24, 2.45) is 0 Å². The van der Waals surface area contributed by atoms with Crippen LogP contribution in [-0.2, 0) is 21.7 Å². The Morgan fingerprint density at radius 3 is 0.896 bits per heavy atom. The van der Waals surface area contributed by atoms with Crippen LogP contribution in [0.15, 0.2) is 364 Å². The van der Waals surface area contributed by atoms with Crippen molar-refractivity contribution in [3.63, 3.8) is 0 Å². The fourth-order valence-corrected chi connectivity index (χ4v) is 20.4. The van der Waals surface area contributed by atoms with Crippen molar-refractivity contribution in [2.75, 3.05) is 9.80 Å². The van der Waals surface area contributed by atoms with E-state index in [1.54, 1.807) is 0 Å². The Kier molecular flexibility index (Phi) is 12.8. The summed E-state index contributed by atoms with van der Waals surface area (Å²) < 4.78 is 0. The van der Waals surface area contributed by atoms with Crippen LogP contribution in [0.3, 0.4) is 0 Å². The maximum atomic E-state index is 2.54. The van der Waals surface area contributed by atoms with Crippen LogP contribution in [0.25, 0.3) is 100 Å². The Balaban J connectivity index is 0.658. The van der Waals surface area contributed by atoms with E-state index in [4.69, 9.17) is 0 Å². The van der Waals surface area contributed by atoms with Gasteiger partial charge in [-0.2, -0.15) is 0 Å². The molecule has 1 unspecified atom stereocenters. The van der Waals surface area contributed by atoms with Crippen molar-refractivity contribution in [1.29, 1.82) is 0 Å². The Labute approximate surface area is 620 Å². The van der Waals surface area contributed by atoms with Gasteiger partial charge in [-0.15, -0.1) is 0 Å². The summed E-state index contributed by atoms with van der Waals surface area (Å²) >= 11 is 0. The minimum absolute atomic E-state index is 0.179. The van der Waals surface area contributed by atoms with Crippen LogP contribution in [0, 0.1) is 0 Å². The number of hydrogen-bond acceptors (Lipinski definition) is 2. The fraction of sp³-hybridized carbons (Fsp3) is 0.0769. The van der Waals surface area contributed by atoms with Gasteiger partial charge >= 0.3 is 0 Å². The zero-order chi connectivity index (χ0) is 70.4. The Morgan fingerprint density at radius 1 is 0.160 bits per heavy atom. The molecule has 0 heterocycles. The molecule has 0 bridgehead atoms. The summed E-state index contributed by atoms with van der Waals surface area (Å²) in [5.74, 6) is 0. The van der Waals surface area contributed by atoms with Gasteiger partial charge in [0.15, 0.2) is 0 Å². The molecule has 0 saturated carbocycles. The summed E-state index contributed by atoms with van der Waals surface area (Å²) in [6.07, 6.45) is 0. The van der Waals surface area contributed by atoms with Crippen molar-refractivity contribution in [3.8, 4) is 100 Å². The molecule has 498 valence electrons. The number of para-hydroxylation sites is 1. The molecule has 106 heavy (non-hydrogen) atoms. The van der Waals surface area contributed by atoms with Crippen molar-refractivity contribution >= 4 is 34.1 Å². The Hall–Kier alpha value is -12.9. The van der Waals surface area contributed by atoms with Gasteiger partial charge in [0.25, 0.3) is 0 Å². The maximum absolute atomic E-state index is 2.54. The van der Waals surface area contributed by atoms with E-state index in [2.05, 4.69) is 401 Å². The lowest BCUT2D eigenvalue weighted by Gasteiger charge is -2.33. The topological polar surface area (TPSA) is 6.48 Å². The summed E-state index contributed by atoms with van der Waals surface area (Å²) in [7, 11) is 0. The first-order chi connectivity index (χ1) is 52.1. The first kappa shape index (κ1) is 60.7. The molecular weight excluding hydrogens is 1280 g/mol. The van der Waals surface area contributed by atoms with E-state index in [-0.39, 0.29) is 10.8 Å². The van der Waals surface area contributed by atoms with Crippen LogP contribution in [0.4, 0.5) is 34.1 Å². The molecule has 16 aromatic rings. The molecule has 0 saturated heterocycles. The third-order valence-electron chi connectivity index (χ3n) is 25.1. The van der Waals surface area contributed by atoms with Gasteiger partial charge < -0.3 is 9.80 Å². The van der Waals surface area contributed by atoms with Crippen LogP contribution in [0.1, 0.15) is 94.5 Å². The van der Waals surface area contributed by atoms with E-state index in [1.165, 1.54) is 156 Å². The average molecular weight is 1350 g/mol. The van der Waals surface area contributed by atoms with E-state index in [0.29, 0.717) is 0 Å². The highest BCUT2D eigenvalue weighted by molar-refractivity contribution is 6.01. The lowest BCUT2D eigenvalue weighted by Crippen LogP contribution is -2.26. The molecule has 0 aromatic heterocycles. The number of rotatable bonds is 9. The van der Waals surface area contributed by atoms with E-state index >= 15 is 0 Å². The molecule has 0 N–H and O–H groups in total. The number of benzene rings is 16. The van der Waals surface area contributed by atoms with Gasteiger partial charge in [-0.1, -0.05) is 319 Å². The quantitative estimate of drug-likeness (QED) is 0.142. The van der Waals surface area contributed by atoms with Crippen molar-refractivity contribution in [1.82, 2.24) is 0 Å². The molecule has 0 amide bonds. The Bertz CT molecular complexity index is 6360. The normalized spacial score (nSPS) is 15.6. The number of nitrogens with zero attached hydrogens (tertiary/aromatic N) is 2. The molecule has 6 aliphatic rings. The van der Waals surface area contributed by atoms with Crippen LogP contribution in [0.5, 0.6) is 0 Å². The Morgan fingerprint density at radius 2 is 0.453 bits per heavy atom. The minimum atomic E-state index is -0.581. The van der Waals surface area contributed by atoms with Crippen LogP contribution in [0.2, 0.25) is 0 Å². The average Bonchev–Trinajstić information content (AvgIpc) is 1.51. The molecule has 0 aliphatic heterocycles. The number of hydrogen-bond donors (Lipinski definition) is 0. The number of anilines is 6. The van der Waals surface area contributed by atoms with Crippen LogP contribution >= 0.6 is 0 Å². The largest absolute Gasteiger partial charge is 0.310 e. The predicted molar refractivity (Wildman–Crippen MR) is 440 cm³/mol. The summed E-state index contributed by atoms with van der Waals surface area (Å²) in [5.41, 5.74) is 43.9. The molecule has 22 rings (SSSR count). The van der Waals surface area contributed by atoms with Gasteiger partial charge in [0.2, 0.25) is 0 Å². The zero-order valence-corrected chi connectivity index (χ0v) is 59.5. The minimum Gasteiger partial charge on any atom is -0.310 e. The molecule has 2 spiro atoms. The summed E-state index contributed by atoms with van der Waals surface area (Å²) in [6.45, 7) is 9.55. The molecule has 0 fully saturated rings. The molecular formula is C104H72N2. The first-order valence-electron chi connectivity index (χ1n) is 37.5. The molecule has 6 aliphatic carbocycles.